The second-order valence-electron chi connectivity index (χ2n) is 2.39. The number of carbonyl (C=O) groups is 1. The SMILES string of the molecule is O=C(O)/C=C\c1ccc(O)cc1[O-]. The molecule has 0 bridgehead atoms. The van der Waals surface area contributed by atoms with Gasteiger partial charge in [0.05, 0.1) is 0 Å². The van der Waals surface area contributed by atoms with Gasteiger partial charge in [0.15, 0.2) is 0 Å². The number of hydrogen-bond donors (Lipinski definition) is 2. The minimum absolute atomic E-state index is 0.127. The number of rotatable bonds is 2. The summed E-state index contributed by atoms with van der Waals surface area (Å²) in [4.78, 5) is 10.1. The van der Waals surface area contributed by atoms with Crippen LogP contribution in [0.25, 0.3) is 6.08 Å². The third-order valence-corrected chi connectivity index (χ3v) is 1.40. The second kappa shape index (κ2) is 3.62. The monoisotopic (exact) mass is 179 g/mol. The summed E-state index contributed by atoms with van der Waals surface area (Å²) in [5, 5.41) is 28.2. The number of benzene rings is 1. The van der Waals surface area contributed by atoms with Crippen molar-refractivity contribution in [2.75, 3.05) is 0 Å². The number of phenols is 1. The Bertz CT molecular complexity index is 355. The Kier molecular flexibility index (Phi) is 2.54. The van der Waals surface area contributed by atoms with E-state index in [0.29, 0.717) is 0 Å². The Morgan fingerprint density at radius 3 is 2.69 bits per heavy atom. The Labute approximate surface area is 74.4 Å². The first-order chi connectivity index (χ1) is 6.09. The predicted octanol–water partition coefficient (Wildman–Crippen LogP) is 0.564. The van der Waals surface area contributed by atoms with Crippen LogP contribution in [0.3, 0.4) is 0 Å². The van der Waals surface area contributed by atoms with Crippen LogP contribution in [0.5, 0.6) is 11.5 Å². The molecule has 0 fully saturated rings. The standard InChI is InChI=1S/C9H8O4/c10-7-3-1-6(8(11)5-7)2-4-9(12)13/h1-5,10-11H,(H,12,13)/p-1/b4-2-. The van der Waals surface area contributed by atoms with Gasteiger partial charge in [-0.05, 0) is 23.8 Å². The van der Waals surface area contributed by atoms with Gasteiger partial charge in [-0.25, -0.2) is 4.79 Å². The zero-order chi connectivity index (χ0) is 9.84. The van der Waals surface area contributed by atoms with Gasteiger partial charge in [0.1, 0.15) is 5.75 Å². The molecule has 0 aliphatic rings. The van der Waals surface area contributed by atoms with Gasteiger partial charge in [-0.2, -0.15) is 0 Å². The van der Waals surface area contributed by atoms with Crippen LogP contribution in [-0.4, -0.2) is 16.2 Å². The first-order valence-electron chi connectivity index (χ1n) is 3.50. The zero-order valence-corrected chi connectivity index (χ0v) is 6.60. The molecule has 0 spiro atoms. The minimum Gasteiger partial charge on any atom is -0.872 e. The van der Waals surface area contributed by atoms with Crippen LogP contribution >= 0.6 is 0 Å². The lowest BCUT2D eigenvalue weighted by molar-refractivity contribution is -0.268. The van der Waals surface area contributed by atoms with Crippen LogP contribution in [0, 0.1) is 0 Å². The topological polar surface area (TPSA) is 80.6 Å². The molecule has 0 atom stereocenters. The molecule has 0 radical (unpaired) electrons. The Morgan fingerprint density at radius 1 is 1.46 bits per heavy atom. The number of aliphatic carboxylic acids is 1. The zero-order valence-electron chi connectivity index (χ0n) is 6.60. The summed E-state index contributed by atoms with van der Waals surface area (Å²) in [6, 6.07) is 3.71. The van der Waals surface area contributed by atoms with Gasteiger partial charge in [0.25, 0.3) is 0 Å². The van der Waals surface area contributed by atoms with Crippen LogP contribution in [0.1, 0.15) is 5.56 Å². The molecule has 13 heavy (non-hydrogen) atoms. The first-order valence-corrected chi connectivity index (χ1v) is 3.50. The van der Waals surface area contributed by atoms with Gasteiger partial charge in [-0.3, -0.25) is 0 Å². The van der Waals surface area contributed by atoms with E-state index < -0.39 is 11.7 Å². The summed E-state index contributed by atoms with van der Waals surface area (Å²) in [7, 11) is 0. The summed E-state index contributed by atoms with van der Waals surface area (Å²) in [6.07, 6.45) is 2.05. The molecule has 68 valence electrons. The normalized spacial score (nSPS) is 10.5. The van der Waals surface area contributed by atoms with E-state index in [1.807, 2.05) is 0 Å². The highest BCUT2D eigenvalue weighted by molar-refractivity contribution is 5.85. The van der Waals surface area contributed by atoms with E-state index in [0.717, 1.165) is 12.1 Å². The molecule has 4 heteroatoms. The van der Waals surface area contributed by atoms with Crippen molar-refractivity contribution in [2.45, 2.75) is 0 Å². The van der Waals surface area contributed by atoms with Crippen molar-refractivity contribution in [1.82, 2.24) is 0 Å². The van der Waals surface area contributed by atoms with Crippen LogP contribution in [-0.2, 0) is 4.79 Å². The van der Waals surface area contributed by atoms with E-state index in [2.05, 4.69) is 0 Å². The minimum atomic E-state index is -1.12. The molecule has 4 nitrogen and oxygen atoms in total. The van der Waals surface area contributed by atoms with Crippen molar-refractivity contribution in [3.05, 3.63) is 29.8 Å². The van der Waals surface area contributed by atoms with Crippen molar-refractivity contribution in [3.63, 3.8) is 0 Å². The van der Waals surface area contributed by atoms with Crippen molar-refractivity contribution in [1.29, 1.82) is 0 Å². The molecule has 1 aromatic carbocycles. The van der Waals surface area contributed by atoms with E-state index in [1.165, 1.54) is 18.2 Å². The Hall–Kier alpha value is -1.97. The van der Waals surface area contributed by atoms with Gasteiger partial charge < -0.3 is 15.3 Å². The number of carboxylic acid groups (broad SMARTS) is 1. The number of carboxylic acids is 1. The van der Waals surface area contributed by atoms with E-state index >= 15 is 0 Å². The fraction of sp³-hybridized carbons (Fsp3) is 0. The molecule has 0 aliphatic carbocycles. The molecule has 0 aliphatic heterocycles. The Morgan fingerprint density at radius 2 is 2.15 bits per heavy atom. The highest BCUT2D eigenvalue weighted by Gasteiger charge is 1.92. The van der Waals surface area contributed by atoms with Crippen molar-refractivity contribution in [3.8, 4) is 11.5 Å². The lowest BCUT2D eigenvalue weighted by Crippen LogP contribution is -1.93. The van der Waals surface area contributed by atoms with E-state index in [4.69, 9.17) is 10.2 Å². The Balaban J connectivity index is 2.96. The van der Waals surface area contributed by atoms with Crippen LogP contribution in [0.15, 0.2) is 24.3 Å². The summed E-state index contributed by atoms with van der Waals surface area (Å²) >= 11 is 0. The maximum absolute atomic E-state index is 11.0. The quantitative estimate of drug-likeness (QED) is 0.650. The lowest BCUT2D eigenvalue weighted by Gasteiger charge is -2.09. The molecule has 2 N–H and O–H groups in total. The van der Waals surface area contributed by atoms with Crippen molar-refractivity contribution < 1.29 is 20.1 Å². The molecule has 0 saturated carbocycles. The smallest absolute Gasteiger partial charge is 0.328 e. The van der Waals surface area contributed by atoms with Crippen molar-refractivity contribution >= 4 is 12.0 Å². The molecule has 0 unspecified atom stereocenters. The summed E-state index contributed by atoms with van der Waals surface area (Å²) in [5.74, 6) is -1.65. The van der Waals surface area contributed by atoms with Crippen LogP contribution in [0.2, 0.25) is 0 Å². The third-order valence-electron chi connectivity index (χ3n) is 1.40. The third kappa shape index (κ3) is 2.52. The fourth-order valence-electron chi connectivity index (χ4n) is 0.822. The molecule has 0 saturated heterocycles. The first kappa shape index (κ1) is 9.12. The maximum atomic E-state index is 11.0. The molecular weight excluding hydrogens is 172 g/mol. The fourth-order valence-corrected chi connectivity index (χ4v) is 0.822. The van der Waals surface area contributed by atoms with E-state index in [-0.39, 0.29) is 11.3 Å². The van der Waals surface area contributed by atoms with Gasteiger partial charge in [-0.1, -0.05) is 11.8 Å². The lowest BCUT2D eigenvalue weighted by atomic mass is 10.2. The van der Waals surface area contributed by atoms with E-state index in [9.17, 15) is 9.90 Å². The number of aromatic hydroxyl groups is 1. The molecule has 0 heterocycles. The highest BCUT2D eigenvalue weighted by Crippen LogP contribution is 2.20. The van der Waals surface area contributed by atoms with E-state index in [1.54, 1.807) is 0 Å². The van der Waals surface area contributed by atoms with Crippen molar-refractivity contribution in [2.24, 2.45) is 0 Å². The van der Waals surface area contributed by atoms with Gasteiger partial charge >= 0.3 is 5.97 Å². The van der Waals surface area contributed by atoms with Gasteiger partial charge in [0.2, 0.25) is 0 Å². The summed E-state index contributed by atoms with van der Waals surface area (Å²) < 4.78 is 0. The summed E-state index contributed by atoms with van der Waals surface area (Å²) in [5.41, 5.74) is 0.236. The largest absolute Gasteiger partial charge is 0.872 e. The number of phenolic OH excluding ortho intramolecular Hbond substituents is 1. The maximum Gasteiger partial charge on any atom is 0.328 e. The van der Waals surface area contributed by atoms with Crippen LogP contribution < -0.4 is 5.11 Å². The summed E-state index contributed by atoms with van der Waals surface area (Å²) in [6.45, 7) is 0. The molecule has 1 rings (SSSR count). The van der Waals surface area contributed by atoms with Gasteiger partial charge in [0, 0.05) is 6.08 Å². The second-order valence-corrected chi connectivity index (χ2v) is 2.39. The average molecular weight is 179 g/mol. The predicted molar refractivity (Wildman–Crippen MR) is 44.2 cm³/mol. The van der Waals surface area contributed by atoms with Crippen LogP contribution in [0.4, 0.5) is 0 Å². The molecular formula is C9H7O4-. The molecule has 0 amide bonds. The van der Waals surface area contributed by atoms with Gasteiger partial charge in [-0.15, -0.1) is 0 Å². The molecule has 1 aromatic rings. The average Bonchev–Trinajstić information content (AvgIpc) is 2.02. The highest BCUT2D eigenvalue weighted by atomic mass is 16.4. The molecule has 0 aromatic heterocycles. The number of hydrogen-bond acceptors (Lipinski definition) is 3.